The number of aromatic nitrogens is 2. The normalized spacial score (nSPS) is 19.7. The summed E-state index contributed by atoms with van der Waals surface area (Å²) in [6.07, 6.45) is 1.13. The zero-order chi connectivity index (χ0) is 17.6. The molecule has 4 amide bonds. The molecule has 2 aromatic rings. The SMILES string of the molecule is CN1C(=O)NC2(CCN(C(=O)Cc3[nH]nc4ccccc34)CC2)C1=O. The minimum absolute atomic E-state index is 0.00520. The van der Waals surface area contributed by atoms with Crippen molar-refractivity contribution >= 4 is 28.7 Å². The van der Waals surface area contributed by atoms with Crippen LogP contribution >= 0.6 is 0 Å². The summed E-state index contributed by atoms with van der Waals surface area (Å²) in [5, 5.41) is 10.9. The summed E-state index contributed by atoms with van der Waals surface area (Å²) in [6.45, 7) is 0.898. The molecule has 25 heavy (non-hydrogen) atoms. The van der Waals surface area contributed by atoms with E-state index in [1.165, 1.54) is 7.05 Å². The second-order valence-electron chi connectivity index (χ2n) is 6.65. The third-order valence-corrected chi connectivity index (χ3v) is 5.20. The van der Waals surface area contributed by atoms with Crippen LogP contribution < -0.4 is 5.32 Å². The van der Waals surface area contributed by atoms with Crippen LogP contribution in [0.3, 0.4) is 0 Å². The summed E-state index contributed by atoms with van der Waals surface area (Å²) < 4.78 is 0. The highest BCUT2D eigenvalue weighted by atomic mass is 16.2. The van der Waals surface area contributed by atoms with E-state index in [1.807, 2.05) is 24.3 Å². The molecule has 4 rings (SSSR count). The van der Waals surface area contributed by atoms with Gasteiger partial charge >= 0.3 is 6.03 Å². The molecule has 2 fully saturated rings. The van der Waals surface area contributed by atoms with Crippen LogP contribution in [0.1, 0.15) is 18.5 Å². The summed E-state index contributed by atoms with van der Waals surface area (Å²) in [5.41, 5.74) is 0.791. The zero-order valence-corrected chi connectivity index (χ0v) is 13.9. The van der Waals surface area contributed by atoms with Gasteiger partial charge in [0.05, 0.1) is 17.6 Å². The Hall–Kier alpha value is -2.90. The number of aromatic amines is 1. The number of fused-ring (bicyclic) bond motifs is 1. The van der Waals surface area contributed by atoms with Gasteiger partial charge < -0.3 is 10.2 Å². The van der Waals surface area contributed by atoms with Crippen LogP contribution in [-0.2, 0) is 16.0 Å². The number of hydrogen-bond acceptors (Lipinski definition) is 4. The number of H-pyrrole nitrogens is 1. The highest BCUT2D eigenvalue weighted by Crippen LogP contribution is 2.29. The molecule has 130 valence electrons. The molecule has 0 aliphatic carbocycles. The van der Waals surface area contributed by atoms with E-state index in [0.29, 0.717) is 25.9 Å². The smallest absolute Gasteiger partial charge is 0.324 e. The number of rotatable bonds is 2. The number of carbonyl (C=O) groups excluding carboxylic acids is 3. The van der Waals surface area contributed by atoms with E-state index in [1.54, 1.807) is 4.90 Å². The molecule has 1 spiro atoms. The Kier molecular flexibility index (Phi) is 3.48. The Bertz CT molecular complexity index is 866. The molecule has 2 aliphatic rings. The van der Waals surface area contributed by atoms with Crippen molar-refractivity contribution < 1.29 is 14.4 Å². The quantitative estimate of drug-likeness (QED) is 0.784. The first-order valence-electron chi connectivity index (χ1n) is 8.30. The largest absolute Gasteiger partial charge is 0.342 e. The fourth-order valence-electron chi connectivity index (χ4n) is 3.64. The fourth-order valence-corrected chi connectivity index (χ4v) is 3.64. The first-order chi connectivity index (χ1) is 12.0. The number of urea groups is 1. The van der Waals surface area contributed by atoms with Crippen molar-refractivity contribution in [2.75, 3.05) is 20.1 Å². The predicted molar refractivity (Wildman–Crippen MR) is 89.6 cm³/mol. The summed E-state index contributed by atoms with van der Waals surface area (Å²) in [6, 6.07) is 7.29. The molecule has 0 saturated carbocycles. The van der Waals surface area contributed by atoms with Crippen LogP contribution in [0.15, 0.2) is 24.3 Å². The van der Waals surface area contributed by atoms with Gasteiger partial charge in [-0.2, -0.15) is 5.10 Å². The Balaban J connectivity index is 1.43. The fraction of sp³-hybridized carbons (Fsp3) is 0.412. The van der Waals surface area contributed by atoms with E-state index in [-0.39, 0.29) is 24.3 Å². The molecule has 2 saturated heterocycles. The molecule has 3 heterocycles. The number of nitrogens with one attached hydrogen (secondary N) is 2. The number of benzene rings is 1. The minimum Gasteiger partial charge on any atom is -0.342 e. The second kappa shape index (κ2) is 5.58. The van der Waals surface area contributed by atoms with Crippen LogP contribution in [0.5, 0.6) is 0 Å². The third kappa shape index (κ3) is 2.45. The van der Waals surface area contributed by atoms with E-state index in [0.717, 1.165) is 21.5 Å². The lowest BCUT2D eigenvalue weighted by Crippen LogP contribution is -2.56. The van der Waals surface area contributed by atoms with Crippen molar-refractivity contribution in [1.29, 1.82) is 0 Å². The maximum atomic E-state index is 12.6. The van der Waals surface area contributed by atoms with Gasteiger partial charge in [-0.15, -0.1) is 0 Å². The number of hydrogen-bond donors (Lipinski definition) is 2. The molecule has 2 N–H and O–H groups in total. The highest BCUT2D eigenvalue weighted by molar-refractivity contribution is 6.06. The standard InChI is InChI=1S/C17H19N5O3/c1-21-15(24)17(18-16(21)25)6-8-22(9-7-17)14(23)10-13-11-4-2-3-5-12(11)19-20-13/h2-5H,6-10H2,1H3,(H,18,25)(H,19,20). The van der Waals surface area contributed by atoms with E-state index in [9.17, 15) is 14.4 Å². The topological polar surface area (TPSA) is 98.4 Å². The van der Waals surface area contributed by atoms with Crippen molar-refractivity contribution in [3.63, 3.8) is 0 Å². The van der Waals surface area contributed by atoms with Gasteiger partial charge in [0, 0.05) is 25.5 Å². The van der Waals surface area contributed by atoms with Crippen molar-refractivity contribution in [2.24, 2.45) is 0 Å². The lowest BCUT2D eigenvalue weighted by Gasteiger charge is -2.37. The van der Waals surface area contributed by atoms with Crippen LogP contribution in [0.4, 0.5) is 4.79 Å². The maximum Gasteiger partial charge on any atom is 0.324 e. The van der Waals surface area contributed by atoms with E-state index >= 15 is 0 Å². The van der Waals surface area contributed by atoms with Gasteiger partial charge in [-0.05, 0) is 18.9 Å². The van der Waals surface area contributed by atoms with Gasteiger partial charge in [0.1, 0.15) is 5.54 Å². The molecular formula is C17H19N5O3. The number of nitrogens with zero attached hydrogens (tertiary/aromatic N) is 3. The summed E-state index contributed by atoms with van der Waals surface area (Å²) in [7, 11) is 1.48. The molecule has 0 atom stereocenters. The molecule has 0 unspecified atom stereocenters. The van der Waals surface area contributed by atoms with E-state index in [4.69, 9.17) is 0 Å². The first kappa shape index (κ1) is 15.6. The van der Waals surface area contributed by atoms with Crippen LogP contribution in [-0.4, -0.2) is 63.5 Å². The van der Waals surface area contributed by atoms with Gasteiger partial charge in [0.15, 0.2) is 0 Å². The van der Waals surface area contributed by atoms with Crippen molar-refractivity contribution in [3.8, 4) is 0 Å². The molecule has 0 bridgehead atoms. The van der Waals surface area contributed by atoms with Gasteiger partial charge in [0.25, 0.3) is 5.91 Å². The molecule has 1 aromatic carbocycles. The van der Waals surface area contributed by atoms with Crippen molar-refractivity contribution in [1.82, 2.24) is 25.3 Å². The van der Waals surface area contributed by atoms with Crippen LogP contribution in [0.2, 0.25) is 0 Å². The zero-order valence-electron chi connectivity index (χ0n) is 13.9. The number of amides is 4. The number of carbonyl (C=O) groups is 3. The highest BCUT2D eigenvalue weighted by Gasteiger charge is 2.51. The molecule has 2 aliphatic heterocycles. The monoisotopic (exact) mass is 341 g/mol. The molecular weight excluding hydrogens is 322 g/mol. The summed E-state index contributed by atoms with van der Waals surface area (Å²) >= 11 is 0. The number of likely N-dealkylation sites (tertiary alicyclic amines) is 1. The van der Waals surface area contributed by atoms with Gasteiger partial charge in [-0.1, -0.05) is 18.2 Å². The Morgan fingerprint density at radius 2 is 1.96 bits per heavy atom. The minimum atomic E-state index is -0.844. The third-order valence-electron chi connectivity index (χ3n) is 5.20. The van der Waals surface area contributed by atoms with Gasteiger partial charge in [-0.3, -0.25) is 19.6 Å². The average Bonchev–Trinajstić information content (AvgIpc) is 3.11. The summed E-state index contributed by atoms with van der Waals surface area (Å²) in [4.78, 5) is 39.5. The van der Waals surface area contributed by atoms with E-state index in [2.05, 4.69) is 15.5 Å². The van der Waals surface area contributed by atoms with Gasteiger partial charge in [-0.25, -0.2) is 4.79 Å². The molecule has 1 aromatic heterocycles. The molecule has 8 heteroatoms. The Morgan fingerprint density at radius 1 is 1.24 bits per heavy atom. The van der Waals surface area contributed by atoms with Crippen molar-refractivity contribution in [2.45, 2.75) is 24.8 Å². The maximum absolute atomic E-state index is 12.6. The molecule has 0 radical (unpaired) electrons. The van der Waals surface area contributed by atoms with Crippen LogP contribution in [0.25, 0.3) is 10.9 Å². The average molecular weight is 341 g/mol. The summed E-state index contributed by atoms with van der Waals surface area (Å²) in [5.74, 6) is -0.210. The van der Waals surface area contributed by atoms with Crippen LogP contribution in [0, 0.1) is 0 Å². The number of piperidine rings is 1. The van der Waals surface area contributed by atoms with Crippen molar-refractivity contribution in [3.05, 3.63) is 30.0 Å². The lowest BCUT2D eigenvalue weighted by molar-refractivity contribution is -0.137. The Morgan fingerprint density at radius 3 is 2.64 bits per heavy atom. The molecule has 8 nitrogen and oxygen atoms in total. The predicted octanol–water partition coefficient (Wildman–Crippen LogP) is 0.648. The first-order valence-corrected chi connectivity index (χ1v) is 8.30. The number of likely N-dealkylation sites (N-methyl/N-ethyl adjacent to an activating group) is 1. The lowest BCUT2D eigenvalue weighted by atomic mass is 9.87. The Labute approximate surface area is 144 Å². The second-order valence-corrected chi connectivity index (χ2v) is 6.65. The number of para-hydroxylation sites is 1. The number of imide groups is 1. The van der Waals surface area contributed by atoms with E-state index < -0.39 is 5.54 Å². The van der Waals surface area contributed by atoms with Gasteiger partial charge in [0.2, 0.25) is 5.91 Å².